The molecule has 9 heteroatoms. The summed E-state index contributed by atoms with van der Waals surface area (Å²) >= 11 is 6.99. The zero-order valence-corrected chi connectivity index (χ0v) is 14.9. The summed E-state index contributed by atoms with van der Waals surface area (Å²) in [5.74, 6) is 1.41. The third-order valence-corrected chi connectivity index (χ3v) is 8.47. The fourth-order valence-corrected chi connectivity index (χ4v) is 7.05. The third kappa shape index (κ3) is 2.34. The summed E-state index contributed by atoms with van der Waals surface area (Å²) in [5.41, 5.74) is -0.314. The van der Waals surface area contributed by atoms with Gasteiger partial charge in [0.1, 0.15) is 4.21 Å². The molecule has 2 aromatic rings. The molecule has 0 spiro atoms. The van der Waals surface area contributed by atoms with Gasteiger partial charge in [-0.05, 0) is 30.9 Å². The number of aryl methyl sites for hydroxylation is 1. The van der Waals surface area contributed by atoms with E-state index in [1.54, 1.807) is 23.4 Å². The molecule has 0 radical (unpaired) electrons. The molecule has 23 heavy (non-hydrogen) atoms. The van der Waals surface area contributed by atoms with Gasteiger partial charge in [-0.1, -0.05) is 23.2 Å². The highest BCUT2D eigenvalue weighted by Gasteiger charge is 2.56. The Labute approximate surface area is 143 Å². The first-order valence-electron chi connectivity index (χ1n) is 7.48. The summed E-state index contributed by atoms with van der Waals surface area (Å²) < 4.78 is 33.2. The number of hydrogen-bond acceptors (Lipinski definition) is 6. The highest BCUT2D eigenvalue weighted by atomic mass is 35.5. The second-order valence-electron chi connectivity index (χ2n) is 6.24. The Morgan fingerprint density at radius 1 is 1.48 bits per heavy atom. The monoisotopic (exact) mass is 373 g/mol. The van der Waals surface area contributed by atoms with Crippen LogP contribution in [0.3, 0.4) is 0 Å². The maximum Gasteiger partial charge on any atom is 0.252 e. The maximum atomic E-state index is 12.9. The van der Waals surface area contributed by atoms with Crippen LogP contribution in [0.15, 0.2) is 20.9 Å². The molecule has 2 fully saturated rings. The van der Waals surface area contributed by atoms with Gasteiger partial charge < -0.3 is 4.52 Å². The van der Waals surface area contributed by atoms with Gasteiger partial charge >= 0.3 is 0 Å². The first kappa shape index (κ1) is 15.6. The van der Waals surface area contributed by atoms with Crippen molar-refractivity contribution in [3.05, 3.63) is 28.2 Å². The molecule has 2 aromatic heterocycles. The Morgan fingerprint density at radius 2 is 2.30 bits per heavy atom. The molecule has 124 valence electrons. The first-order chi connectivity index (χ1) is 10.9. The van der Waals surface area contributed by atoms with Crippen molar-refractivity contribution in [2.45, 2.75) is 35.8 Å². The van der Waals surface area contributed by atoms with Crippen LogP contribution in [0.1, 0.15) is 31.0 Å². The summed E-state index contributed by atoms with van der Waals surface area (Å²) in [5, 5.41) is 4.10. The molecular weight excluding hydrogens is 358 g/mol. The SMILES string of the molecule is Cc1nc([C@@]23CCC[C@@H]2CN(S(=O)(=O)c2ccc(Cl)s2)C3)no1. The van der Waals surface area contributed by atoms with Crippen LogP contribution in [-0.4, -0.2) is 36.0 Å². The Balaban J connectivity index is 1.70. The van der Waals surface area contributed by atoms with Gasteiger partial charge in [0.15, 0.2) is 5.82 Å². The van der Waals surface area contributed by atoms with Crippen molar-refractivity contribution < 1.29 is 12.9 Å². The van der Waals surface area contributed by atoms with Crippen LogP contribution < -0.4 is 0 Å². The molecule has 0 amide bonds. The highest BCUT2D eigenvalue weighted by Crippen LogP contribution is 2.50. The molecule has 0 N–H and O–H groups in total. The van der Waals surface area contributed by atoms with E-state index in [0.29, 0.717) is 33.4 Å². The van der Waals surface area contributed by atoms with Crippen molar-refractivity contribution >= 4 is 33.0 Å². The van der Waals surface area contributed by atoms with Crippen LogP contribution in [0.25, 0.3) is 0 Å². The molecule has 1 saturated heterocycles. The lowest BCUT2D eigenvalue weighted by atomic mass is 9.80. The lowest BCUT2D eigenvalue weighted by molar-refractivity contribution is 0.332. The van der Waals surface area contributed by atoms with Crippen LogP contribution in [-0.2, 0) is 15.4 Å². The van der Waals surface area contributed by atoms with E-state index in [4.69, 9.17) is 16.1 Å². The average Bonchev–Trinajstić information content (AvgIpc) is 3.19. The quantitative estimate of drug-likeness (QED) is 0.826. The standard InChI is InChI=1S/C14H16ClN3O3S2/c1-9-16-13(17-21-9)14-6-2-3-10(14)7-18(8-14)23(19,20)12-5-4-11(15)22-12/h4-5,10H,2-3,6-8H2,1H3/t10-,14-/m1/s1. The molecule has 1 aliphatic heterocycles. The number of thiophene rings is 1. The van der Waals surface area contributed by atoms with E-state index < -0.39 is 10.0 Å². The molecule has 6 nitrogen and oxygen atoms in total. The molecule has 2 aliphatic rings. The van der Waals surface area contributed by atoms with Crippen molar-refractivity contribution in [1.29, 1.82) is 0 Å². The van der Waals surface area contributed by atoms with Gasteiger partial charge in [0.2, 0.25) is 5.89 Å². The molecule has 0 unspecified atom stereocenters. The van der Waals surface area contributed by atoms with Gasteiger partial charge in [0.05, 0.1) is 9.75 Å². The molecule has 1 aliphatic carbocycles. The summed E-state index contributed by atoms with van der Waals surface area (Å²) in [7, 11) is -3.52. The number of sulfonamides is 1. The smallest absolute Gasteiger partial charge is 0.252 e. The zero-order chi connectivity index (χ0) is 16.2. The van der Waals surface area contributed by atoms with Crippen molar-refractivity contribution in [3.63, 3.8) is 0 Å². The van der Waals surface area contributed by atoms with Crippen LogP contribution in [0, 0.1) is 12.8 Å². The molecular formula is C14H16ClN3O3S2. The van der Waals surface area contributed by atoms with E-state index in [9.17, 15) is 8.42 Å². The van der Waals surface area contributed by atoms with E-state index in [2.05, 4.69) is 10.1 Å². The summed E-state index contributed by atoms with van der Waals surface area (Å²) in [6.07, 6.45) is 2.95. The Morgan fingerprint density at radius 3 is 2.96 bits per heavy atom. The first-order valence-corrected chi connectivity index (χ1v) is 10.1. The lowest BCUT2D eigenvalue weighted by Gasteiger charge is -2.24. The van der Waals surface area contributed by atoms with Crippen molar-refractivity contribution in [1.82, 2.24) is 14.4 Å². The van der Waals surface area contributed by atoms with E-state index in [-0.39, 0.29) is 11.3 Å². The predicted octanol–water partition coefficient (Wildman–Crippen LogP) is 2.84. The van der Waals surface area contributed by atoms with Gasteiger partial charge in [-0.2, -0.15) is 9.29 Å². The van der Waals surface area contributed by atoms with Gasteiger partial charge in [-0.3, -0.25) is 0 Å². The summed E-state index contributed by atoms with van der Waals surface area (Å²) in [6, 6.07) is 3.19. The van der Waals surface area contributed by atoms with E-state index in [0.717, 1.165) is 30.6 Å². The zero-order valence-electron chi connectivity index (χ0n) is 12.5. The van der Waals surface area contributed by atoms with Gasteiger partial charge in [-0.25, -0.2) is 8.42 Å². The molecule has 3 heterocycles. The second-order valence-corrected chi connectivity index (χ2v) is 10.1. The third-order valence-electron chi connectivity index (χ3n) is 4.96. The second kappa shape index (κ2) is 5.27. The van der Waals surface area contributed by atoms with Crippen LogP contribution in [0.2, 0.25) is 4.34 Å². The number of hydrogen-bond donors (Lipinski definition) is 0. The summed E-state index contributed by atoms with van der Waals surface area (Å²) in [4.78, 5) is 4.40. The molecule has 4 rings (SSSR count). The maximum absolute atomic E-state index is 12.9. The Bertz CT molecular complexity index is 847. The normalized spacial score (nSPS) is 28.3. The fourth-order valence-electron chi connectivity index (χ4n) is 3.86. The Hall–Kier alpha value is -0.960. The lowest BCUT2D eigenvalue weighted by Crippen LogP contribution is -2.35. The van der Waals surface area contributed by atoms with Crippen LogP contribution in [0.5, 0.6) is 0 Å². The number of aromatic nitrogens is 2. The minimum atomic E-state index is -3.52. The van der Waals surface area contributed by atoms with Crippen molar-refractivity contribution in [2.24, 2.45) is 5.92 Å². The number of fused-ring (bicyclic) bond motifs is 1. The van der Waals surface area contributed by atoms with Crippen LogP contribution in [0.4, 0.5) is 0 Å². The molecule has 2 atom stereocenters. The number of halogens is 1. The van der Waals surface area contributed by atoms with Gasteiger partial charge in [0, 0.05) is 20.0 Å². The number of rotatable bonds is 3. The van der Waals surface area contributed by atoms with E-state index in [1.165, 1.54) is 0 Å². The summed E-state index contributed by atoms with van der Waals surface area (Å²) in [6.45, 7) is 2.67. The van der Waals surface area contributed by atoms with Crippen molar-refractivity contribution in [2.75, 3.05) is 13.1 Å². The van der Waals surface area contributed by atoms with Crippen LogP contribution >= 0.6 is 22.9 Å². The minimum absolute atomic E-state index is 0.240. The van der Waals surface area contributed by atoms with E-state index in [1.807, 2.05) is 0 Å². The largest absolute Gasteiger partial charge is 0.340 e. The minimum Gasteiger partial charge on any atom is -0.340 e. The number of nitrogens with zero attached hydrogens (tertiary/aromatic N) is 3. The Kier molecular flexibility index (Phi) is 3.57. The fraction of sp³-hybridized carbons (Fsp3) is 0.571. The molecule has 1 saturated carbocycles. The topological polar surface area (TPSA) is 76.3 Å². The average molecular weight is 374 g/mol. The highest BCUT2D eigenvalue weighted by molar-refractivity contribution is 7.91. The molecule has 0 bridgehead atoms. The van der Waals surface area contributed by atoms with Gasteiger partial charge in [-0.15, -0.1) is 11.3 Å². The van der Waals surface area contributed by atoms with E-state index >= 15 is 0 Å². The van der Waals surface area contributed by atoms with Crippen molar-refractivity contribution in [3.8, 4) is 0 Å². The van der Waals surface area contributed by atoms with Gasteiger partial charge in [0.25, 0.3) is 10.0 Å². The molecule has 0 aromatic carbocycles. The predicted molar refractivity (Wildman–Crippen MR) is 86.1 cm³/mol.